The lowest BCUT2D eigenvalue weighted by Crippen LogP contribution is -2.14. The lowest BCUT2D eigenvalue weighted by Gasteiger charge is -2.25. The number of hydrogen-bond acceptors (Lipinski definition) is 4. The number of methoxy groups -OCH3 is 2. The van der Waals surface area contributed by atoms with Crippen LogP contribution in [-0.2, 0) is 11.3 Å². The van der Waals surface area contributed by atoms with Crippen molar-refractivity contribution in [2.45, 2.75) is 32.1 Å². The van der Waals surface area contributed by atoms with Crippen LogP contribution in [0, 0.1) is 6.92 Å². The predicted octanol–water partition coefficient (Wildman–Crippen LogP) is 5.90. The van der Waals surface area contributed by atoms with Crippen LogP contribution in [0.4, 0.5) is 0 Å². The fraction of sp³-hybridized carbons (Fsp3) is 0.269. The molecule has 0 radical (unpaired) electrons. The summed E-state index contributed by atoms with van der Waals surface area (Å²) < 4.78 is 22.4. The Hall–Kier alpha value is -3.22. The molecular weight excluding hydrogens is 438 g/mol. The Morgan fingerprint density at radius 2 is 1.91 bits per heavy atom. The Bertz CT molecular complexity index is 1280. The van der Waals surface area contributed by atoms with Crippen molar-refractivity contribution in [3.05, 3.63) is 94.5 Å². The van der Waals surface area contributed by atoms with Crippen molar-refractivity contribution in [3.8, 4) is 17.2 Å². The molecule has 0 saturated carbocycles. The first-order chi connectivity index (χ1) is 16.1. The van der Waals surface area contributed by atoms with Gasteiger partial charge < -0.3 is 18.8 Å². The van der Waals surface area contributed by atoms with Crippen LogP contribution in [-0.4, -0.2) is 28.6 Å². The van der Waals surface area contributed by atoms with E-state index in [-0.39, 0.29) is 6.10 Å². The zero-order valence-electron chi connectivity index (χ0n) is 18.9. The molecule has 1 aliphatic rings. The monoisotopic (exact) mass is 463 g/mol. The fourth-order valence-corrected chi connectivity index (χ4v) is 4.77. The maximum Gasteiger partial charge on any atom is 0.166 e. The second-order valence-electron chi connectivity index (χ2n) is 8.08. The molecule has 170 valence electrons. The number of ether oxygens (including phenoxy) is 3. The maximum atomic E-state index is 6.89. The minimum Gasteiger partial charge on any atom is -0.493 e. The molecule has 2 aromatic heterocycles. The van der Waals surface area contributed by atoms with Crippen LogP contribution in [0.5, 0.6) is 11.5 Å². The molecule has 0 unspecified atom stereocenters. The Kier molecular flexibility index (Phi) is 5.87. The van der Waals surface area contributed by atoms with Gasteiger partial charge in [0.15, 0.2) is 11.5 Å². The second kappa shape index (κ2) is 8.96. The summed E-state index contributed by atoms with van der Waals surface area (Å²) in [4.78, 5) is 0. The first kappa shape index (κ1) is 21.6. The molecule has 7 heteroatoms. The van der Waals surface area contributed by atoms with Crippen LogP contribution >= 0.6 is 11.6 Å². The van der Waals surface area contributed by atoms with Crippen molar-refractivity contribution in [2.24, 2.45) is 0 Å². The summed E-state index contributed by atoms with van der Waals surface area (Å²) in [5, 5.41) is 5.10. The van der Waals surface area contributed by atoms with Crippen molar-refractivity contribution < 1.29 is 14.2 Å². The topological polar surface area (TPSA) is 50.4 Å². The van der Waals surface area contributed by atoms with Gasteiger partial charge in [-0.1, -0.05) is 23.7 Å². The largest absolute Gasteiger partial charge is 0.493 e. The fourth-order valence-electron chi connectivity index (χ4n) is 4.59. The summed E-state index contributed by atoms with van der Waals surface area (Å²) in [6.07, 6.45) is 4.09. The molecule has 6 nitrogen and oxygen atoms in total. The average Bonchev–Trinajstić information content (AvgIpc) is 3.45. The van der Waals surface area contributed by atoms with Crippen LogP contribution in [0.2, 0.25) is 5.02 Å². The quantitative estimate of drug-likeness (QED) is 0.357. The third-order valence-electron chi connectivity index (χ3n) is 6.19. The van der Waals surface area contributed by atoms with E-state index in [1.807, 2.05) is 53.3 Å². The molecule has 0 spiro atoms. The summed E-state index contributed by atoms with van der Waals surface area (Å²) >= 11 is 6.47. The molecule has 0 aliphatic carbocycles. The predicted molar refractivity (Wildman–Crippen MR) is 128 cm³/mol. The average molecular weight is 464 g/mol. The highest BCUT2D eigenvalue weighted by atomic mass is 35.5. The Morgan fingerprint density at radius 1 is 1.03 bits per heavy atom. The number of rotatable bonds is 6. The van der Waals surface area contributed by atoms with E-state index in [4.69, 9.17) is 25.8 Å². The normalized spacial score (nSPS) is 17.2. The summed E-state index contributed by atoms with van der Waals surface area (Å²) in [6, 6.07) is 18.0. The first-order valence-electron chi connectivity index (χ1n) is 10.9. The van der Waals surface area contributed by atoms with E-state index in [1.165, 1.54) is 0 Å². The Morgan fingerprint density at radius 3 is 2.67 bits per heavy atom. The highest BCUT2D eigenvalue weighted by Crippen LogP contribution is 2.46. The van der Waals surface area contributed by atoms with Gasteiger partial charge in [-0.15, -0.1) is 0 Å². The van der Waals surface area contributed by atoms with E-state index in [2.05, 4.69) is 34.9 Å². The molecule has 4 aromatic rings. The van der Waals surface area contributed by atoms with E-state index < -0.39 is 6.10 Å². The number of benzene rings is 2. The van der Waals surface area contributed by atoms with Gasteiger partial charge in [-0.05, 0) is 55.8 Å². The number of hydrogen-bond donors (Lipinski definition) is 0. The van der Waals surface area contributed by atoms with Gasteiger partial charge in [-0.25, -0.2) is 0 Å². The summed E-state index contributed by atoms with van der Waals surface area (Å²) in [5.41, 5.74) is 5.12. The van der Waals surface area contributed by atoms with Crippen LogP contribution in [0.3, 0.4) is 0 Å². The van der Waals surface area contributed by atoms with Gasteiger partial charge in [-0.3, -0.25) is 4.68 Å². The van der Waals surface area contributed by atoms with E-state index >= 15 is 0 Å². The van der Waals surface area contributed by atoms with Crippen LogP contribution in [0.1, 0.15) is 41.1 Å². The molecule has 2 aromatic carbocycles. The molecule has 3 heterocycles. The molecule has 0 amide bonds. The van der Waals surface area contributed by atoms with Gasteiger partial charge in [0.25, 0.3) is 0 Å². The molecule has 0 N–H and O–H groups in total. The lowest BCUT2D eigenvalue weighted by molar-refractivity contribution is -0.00174. The number of aromatic nitrogens is 3. The van der Waals surface area contributed by atoms with Crippen molar-refractivity contribution in [2.75, 3.05) is 14.2 Å². The highest BCUT2D eigenvalue weighted by molar-refractivity contribution is 6.30. The minimum atomic E-state index is -0.396. The smallest absolute Gasteiger partial charge is 0.166 e. The van der Waals surface area contributed by atoms with E-state index in [0.29, 0.717) is 16.5 Å². The van der Waals surface area contributed by atoms with E-state index in [1.54, 1.807) is 14.2 Å². The molecule has 0 saturated heterocycles. The molecule has 2 atom stereocenters. The minimum absolute atomic E-state index is 0.171. The van der Waals surface area contributed by atoms with Gasteiger partial charge >= 0.3 is 0 Å². The van der Waals surface area contributed by atoms with E-state index in [0.717, 1.165) is 41.2 Å². The van der Waals surface area contributed by atoms with Crippen LogP contribution in [0.25, 0.3) is 5.69 Å². The van der Waals surface area contributed by atoms with Gasteiger partial charge in [0, 0.05) is 40.8 Å². The number of nitrogens with zero attached hydrogens (tertiary/aromatic N) is 3. The summed E-state index contributed by atoms with van der Waals surface area (Å²) in [7, 11) is 3.29. The molecule has 33 heavy (non-hydrogen) atoms. The first-order valence-corrected chi connectivity index (χ1v) is 11.3. The standard InChI is InChI=1S/C26H26ClN3O3/c1-17-11-13-28-30(17)15-12-23-22-7-5-14-29(22)21-10-9-18(27)16-20(21)25(33-23)19-6-4-8-24(31-2)26(19)32-3/h4-11,13-14,16,23,25H,12,15H2,1-3H3/t23-,25-/m1/s1. The molecule has 0 bridgehead atoms. The summed E-state index contributed by atoms with van der Waals surface area (Å²) in [6.45, 7) is 2.80. The molecular formula is C26H26ClN3O3. The highest BCUT2D eigenvalue weighted by Gasteiger charge is 2.32. The lowest BCUT2D eigenvalue weighted by atomic mass is 9.98. The van der Waals surface area contributed by atoms with Crippen molar-refractivity contribution in [1.29, 1.82) is 0 Å². The Labute approximate surface area is 198 Å². The SMILES string of the molecule is COc1cccc([C@H]2O[C@H](CCn3nccc3C)c3cccn3-c3ccc(Cl)cc32)c1OC. The van der Waals surface area contributed by atoms with Crippen molar-refractivity contribution in [3.63, 3.8) is 0 Å². The Balaban J connectivity index is 1.64. The van der Waals surface area contributed by atoms with Gasteiger partial charge in [-0.2, -0.15) is 5.10 Å². The van der Waals surface area contributed by atoms with Crippen molar-refractivity contribution >= 4 is 11.6 Å². The number of aryl methyl sites for hydroxylation is 2. The molecule has 1 aliphatic heterocycles. The van der Waals surface area contributed by atoms with Gasteiger partial charge in [0.05, 0.1) is 25.6 Å². The van der Waals surface area contributed by atoms with Crippen LogP contribution < -0.4 is 9.47 Å². The molecule has 5 rings (SSSR count). The maximum absolute atomic E-state index is 6.89. The number of halogens is 1. The summed E-state index contributed by atoms with van der Waals surface area (Å²) in [5.74, 6) is 1.32. The second-order valence-corrected chi connectivity index (χ2v) is 8.51. The van der Waals surface area contributed by atoms with Gasteiger partial charge in [0.2, 0.25) is 0 Å². The number of fused-ring (bicyclic) bond motifs is 3. The zero-order valence-corrected chi connectivity index (χ0v) is 19.6. The van der Waals surface area contributed by atoms with Crippen molar-refractivity contribution in [1.82, 2.24) is 14.3 Å². The third-order valence-corrected chi connectivity index (χ3v) is 6.43. The molecule has 0 fully saturated rings. The van der Waals surface area contributed by atoms with Crippen LogP contribution in [0.15, 0.2) is 67.0 Å². The zero-order chi connectivity index (χ0) is 22.9. The number of para-hydroxylation sites is 1. The van der Waals surface area contributed by atoms with Gasteiger partial charge in [0.1, 0.15) is 12.2 Å². The van der Waals surface area contributed by atoms with E-state index in [9.17, 15) is 0 Å². The third kappa shape index (κ3) is 3.90.